The van der Waals surface area contributed by atoms with Crippen LogP contribution in [0.5, 0.6) is 0 Å². The lowest BCUT2D eigenvalue weighted by Crippen LogP contribution is -2.50. The number of sulfonamides is 1. The summed E-state index contributed by atoms with van der Waals surface area (Å²) in [7, 11) is -3.09. The molecule has 3 heterocycles. The van der Waals surface area contributed by atoms with Gasteiger partial charge in [0.25, 0.3) is 0 Å². The number of piperazine rings is 1. The highest BCUT2D eigenvalue weighted by Crippen LogP contribution is 2.40. The largest absolute Gasteiger partial charge is 0.324 e. The zero-order valence-electron chi connectivity index (χ0n) is 14.5. The summed E-state index contributed by atoms with van der Waals surface area (Å²) in [6, 6.07) is 4.11. The van der Waals surface area contributed by atoms with E-state index < -0.39 is 10.0 Å². The van der Waals surface area contributed by atoms with Crippen molar-refractivity contribution in [3.63, 3.8) is 0 Å². The Labute approximate surface area is 158 Å². The Morgan fingerprint density at radius 1 is 1.20 bits per heavy atom. The van der Waals surface area contributed by atoms with Crippen molar-refractivity contribution in [2.45, 2.75) is 18.7 Å². The van der Waals surface area contributed by atoms with E-state index in [2.05, 4.69) is 11.0 Å². The molecule has 2 fully saturated rings. The number of thioether (sulfide) groups is 1. The van der Waals surface area contributed by atoms with Gasteiger partial charge in [0.2, 0.25) is 15.9 Å². The minimum absolute atomic E-state index is 0.138. The molecule has 6 nitrogen and oxygen atoms in total. The predicted molar refractivity (Wildman–Crippen MR) is 103 cm³/mol. The van der Waals surface area contributed by atoms with Gasteiger partial charge in [0.15, 0.2) is 0 Å². The Morgan fingerprint density at radius 2 is 1.96 bits per heavy atom. The lowest BCUT2D eigenvalue weighted by Gasteiger charge is -2.35. The van der Waals surface area contributed by atoms with Crippen LogP contribution in [0, 0.1) is 0 Å². The van der Waals surface area contributed by atoms with E-state index in [1.807, 2.05) is 23.3 Å². The fraction of sp³-hybridized carbons (Fsp3) is 0.688. The SMILES string of the molecule is CCCS(=O)(=O)N1CCN(CCN2C(=O)CS[C@@H]2c2cccs2)CC1. The van der Waals surface area contributed by atoms with E-state index in [4.69, 9.17) is 0 Å². The van der Waals surface area contributed by atoms with Crippen molar-refractivity contribution >= 4 is 39.0 Å². The highest BCUT2D eigenvalue weighted by Gasteiger charge is 2.34. The normalized spacial score (nSPS) is 23.5. The van der Waals surface area contributed by atoms with E-state index in [9.17, 15) is 13.2 Å². The Bertz CT molecular complexity index is 670. The Morgan fingerprint density at radius 3 is 2.60 bits per heavy atom. The molecule has 3 rings (SSSR count). The summed E-state index contributed by atoms with van der Waals surface area (Å²) < 4.78 is 25.9. The smallest absolute Gasteiger partial charge is 0.233 e. The first kappa shape index (κ1) is 19.2. The molecule has 0 bridgehead atoms. The molecule has 1 atom stereocenters. The number of carbonyl (C=O) groups is 1. The van der Waals surface area contributed by atoms with Crippen LogP contribution in [0.15, 0.2) is 17.5 Å². The molecule has 1 amide bonds. The second-order valence-corrected chi connectivity index (χ2v) is 10.5. The average Bonchev–Trinajstić information content (AvgIpc) is 3.23. The molecule has 25 heavy (non-hydrogen) atoms. The molecule has 140 valence electrons. The molecule has 2 aliphatic rings. The van der Waals surface area contributed by atoms with E-state index in [0.717, 1.165) is 19.6 Å². The van der Waals surface area contributed by atoms with Gasteiger partial charge in [-0.2, -0.15) is 4.31 Å². The number of nitrogens with zero attached hydrogens (tertiary/aromatic N) is 3. The summed E-state index contributed by atoms with van der Waals surface area (Å²) in [6.45, 7) is 5.98. The summed E-state index contributed by atoms with van der Waals surface area (Å²) in [5.74, 6) is 0.980. The van der Waals surface area contributed by atoms with Crippen LogP contribution in [0.4, 0.5) is 0 Å². The molecule has 0 aliphatic carbocycles. The van der Waals surface area contributed by atoms with Gasteiger partial charge in [-0.1, -0.05) is 13.0 Å². The second-order valence-electron chi connectivity index (χ2n) is 6.32. The van der Waals surface area contributed by atoms with E-state index in [-0.39, 0.29) is 17.0 Å². The molecular formula is C16H25N3O3S3. The number of rotatable bonds is 7. The van der Waals surface area contributed by atoms with Gasteiger partial charge >= 0.3 is 0 Å². The molecular weight excluding hydrogens is 378 g/mol. The van der Waals surface area contributed by atoms with Gasteiger partial charge in [-0.05, 0) is 17.9 Å². The van der Waals surface area contributed by atoms with Crippen LogP contribution in [0.2, 0.25) is 0 Å². The fourth-order valence-corrected chi connectivity index (χ4v) is 6.92. The van der Waals surface area contributed by atoms with E-state index in [1.165, 1.54) is 4.88 Å². The molecule has 0 N–H and O–H groups in total. The number of carbonyl (C=O) groups excluding carboxylic acids is 1. The van der Waals surface area contributed by atoms with Crippen molar-refractivity contribution in [1.82, 2.24) is 14.1 Å². The highest BCUT2D eigenvalue weighted by atomic mass is 32.2. The quantitative estimate of drug-likeness (QED) is 0.693. The van der Waals surface area contributed by atoms with Crippen molar-refractivity contribution in [3.8, 4) is 0 Å². The van der Waals surface area contributed by atoms with Crippen molar-refractivity contribution in [2.24, 2.45) is 0 Å². The third kappa shape index (κ3) is 4.57. The fourth-order valence-electron chi connectivity index (χ4n) is 3.23. The van der Waals surface area contributed by atoms with Crippen LogP contribution in [-0.4, -0.2) is 79.2 Å². The molecule has 0 radical (unpaired) electrons. The van der Waals surface area contributed by atoms with Crippen LogP contribution in [0.1, 0.15) is 23.6 Å². The van der Waals surface area contributed by atoms with Gasteiger partial charge < -0.3 is 4.90 Å². The third-order valence-corrected chi connectivity index (χ3v) is 8.99. The summed E-state index contributed by atoms with van der Waals surface area (Å²) in [5.41, 5.74) is 0. The number of amides is 1. The van der Waals surface area contributed by atoms with Crippen LogP contribution < -0.4 is 0 Å². The third-order valence-electron chi connectivity index (χ3n) is 4.60. The molecule has 9 heteroatoms. The summed E-state index contributed by atoms with van der Waals surface area (Å²) in [6.07, 6.45) is 0.654. The van der Waals surface area contributed by atoms with Crippen molar-refractivity contribution < 1.29 is 13.2 Å². The monoisotopic (exact) mass is 403 g/mol. The summed E-state index contributed by atoms with van der Waals surface area (Å²) in [4.78, 5) is 17.7. The van der Waals surface area contributed by atoms with Gasteiger partial charge in [-0.3, -0.25) is 9.69 Å². The van der Waals surface area contributed by atoms with Crippen LogP contribution in [0.3, 0.4) is 0 Å². The molecule has 1 aromatic rings. The van der Waals surface area contributed by atoms with E-state index in [1.54, 1.807) is 27.4 Å². The average molecular weight is 404 g/mol. The topological polar surface area (TPSA) is 60.9 Å². The first-order valence-corrected chi connectivity index (χ1v) is 12.2. The van der Waals surface area contributed by atoms with Crippen LogP contribution in [-0.2, 0) is 14.8 Å². The van der Waals surface area contributed by atoms with Gasteiger partial charge in [0.1, 0.15) is 5.37 Å². The molecule has 0 spiro atoms. The highest BCUT2D eigenvalue weighted by molar-refractivity contribution is 8.00. The lowest BCUT2D eigenvalue weighted by atomic mass is 10.3. The van der Waals surface area contributed by atoms with E-state index >= 15 is 0 Å². The molecule has 0 aromatic carbocycles. The second kappa shape index (κ2) is 8.39. The number of hydrogen-bond acceptors (Lipinski definition) is 6. The van der Waals surface area contributed by atoms with Gasteiger partial charge in [-0.15, -0.1) is 23.1 Å². The number of thiophene rings is 1. The van der Waals surface area contributed by atoms with Crippen molar-refractivity contribution in [3.05, 3.63) is 22.4 Å². The Hall–Kier alpha value is -0.610. The van der Waals surface area contributed by atoms with Crippen molar-refractivity contribution in [2.75, 3.05) is 50.8 Å². The molecule has 2 aliphatic heterocycles. The maximum Gasteiger partial charge on any atom is 0.233 e. The van der Waals surface area contributed by atoms with Crippen LogP contribution >= 0.6 is 23.1 Å². The van der Waals surface area contributed by atoms with Gasteiger partial charge in [0, 0.05) is 44.1 Å². The molecule has 2 saturated heterocycles. The van der Waals surface area contributed by atoms with Gasteiger partial charge in [0.05, 0.1) is 11.5 Å². The molecule has 1 aromatic heterocycles. The maximum atomic E-state index is 12.2. The van der Waals surface area contributed by atoms with Gasteiger partial charge in [-0.25, -0.2) is 8.42 Å². The first-order chi connectivity index (χ1) is 12.0. The van der Waals surface area contributed by atoms with Crippen LogP contribution in [0.25, 0.3) is 0 Å². The first-order valence-electron chi connectivity index (χ1n) is 8.66. The van der Waals surface area contributed by atoms with Crippen molar-refractivity contribution in [1.29, 1.82) is 0 Å². The molecule has 0 unspecified atom stereocenters. The zero-order chi connectivity index (χ0) is 17.9. The lowest BCUT2D eigenvalue weighted by molar-refractivity contribution is -0.128. The Balaban J connectivity index is 1.50. The summed E-state index contributed by atoms with van der Waals surface area (Å²) >= 11 is 3.39. The predicted octanol–water partition coefficient (Wildman–Crippen LogP) is 1.68. The number of hydrogen-bond donors (Lipinski definition) is 0. The maximum absolute atomic E-state index is 12.2. The van der Waals surface area contributed by atoms with E-state index in [0.29, 0.717) is 31.8 Å². The molecule has 0 saturated carbocycles. The summed E-state index contributed by atoms with van der Waals surface area (Å²) in [5, 5.41) is 2.19. The minimum atomic E-state index is -3.09. The Kier molecular flexibility index (Phi) is 6.43. The zero-order valence-corrected chi connectivity index (χ0v) is 16.9. The standard InChI is InChI=1S/C16H25N3O3S3/c1-2-12-25(21,22)18-8-5-17(6-9-18)7-10-19-15(20)13-24-16(19)14-4-3-11-23-14/h3-4,11,16H,2,5-10,12-13H2,1H3/t16-/m1/s1. The minimum Gasteiger partial charge on any atom is -0.324 e.